The van der Waals surface area contributed by atoms with Gasteiger partial charge in [-0.2, -0.15) is 0 Å². The van der Waals surface area contributed by atoms with Crippen molar-refractivity contribution in [3.8, 4) is 11.6 Å². The molecule has 0 atom stereocenters. The lowest BCUT2D eigenvalue weighted by molar-refractivity contribution is -0.134. The number of nitrogens with zero attached hydrogens (tertiary/aromatic N) is 1. The second-order valence-corrected chi connectivity index (χ2v) is 2.80. The standard InChI is InChI=1S/C11H13NO4/c1-14-9-6-4-8(12-11(9)16-3)5-7-10(13)15-2/h4-7H,1-3H3/b7-5+. The zero-order valence-electron chi connectivity index (χ0n) is 9.39. The number of ether oxygens (including phenoxy) is 3. The van der Waals surface area contributed by atoms with Gasteiger partial charge in [-0.1, -0.05) is 0 Å². The second-order valence-electron chi connectivity index (χ2n) is 2.80. The summed E-state index contributed by atoms with van der Waals surface area (Å²) in [5.41, 5.74) is 0.586. The van der Waals surface area contributed by atoms with Gasteiger partial charge >= 0.3 is 5.97 Å². The SMILES string of the molecule is COC(=O)/C=C/c1ccc(OC)c(OC)n1. The molecule has 0 amide bonds. The zero-order valence-corrected chi connectivity index (χ0v) is 9.39. The molecule has 0 N–H and O–H groups in total. The lowest BCUT2D eigenvalue weighted by atomic mass is 10.3. The first-order valence-corrected chi connectivity index (χ1v) is 4.56. The quantitative estimate of drug-likeness (QED) is 0.568. The molecule has 0 bridgehead atoms. The summed E-state index contributed by atoms with van der Waals surface area (Å²) in [6, 6.07) is 3.42. The van der Waals surface area contributed by atoms with Crippen LogP contribution in [0.15, 0.2) is 18.2 Å². The molecule has 0 fully saturated rings. The van der Waals surface area contributed by atoms with Gasteiger partial charge in [0.2, 0.25) is 0 Å². The number of hydrogen-bond donors (Lipinski definition) is 0. The molecule has 0 radical (unpaired) electrons. The summed E-state index contributed by atoms with van der Waals surface area (Å²) in [4.78, 5) is 15.0. The van der Waals surface area contributed by atoms with E-state index in [-0.39, 0.29) is 0 Å². The minimum absolute atomic E-state index is 0.370. The fourth-order valence-electron chi connectivity index (χ4n) is 1.06. The van der Waals surface area contributed by atoms with E-state index in [2.05, 4.69) is 9.72 Å². The Kier molecular flexibility index (Phi) is 4.32. The maximum absolute atomic E-state index is 10.9. The Balaban J connectivity index is 2.91. The number of carbonyl (C=O) groups excluding carboxylic acids is 1. The molecule has 0 saturated carbocycles. The monoisotopic (exact) mass is 223 g/mol. The first-order valence-electron chi connectivity index (χ1n) is 4.56. The van der Waals surface area contributed by atoms with E-state index >= 15 is 0 Å². The molecular weight excluding hydrogens is 210 g/mol. The molecule has 5 heteroatoms. The Labute approximate surface area is 93.7 Å². The highest BCUT2D eigenvalue weighted by Crippen LogP contribution is 2.24. The molecule has 1 aromatic rings. The van der Waals surface area contributed by atoms with Crippen LogP contribution in [0.1, 0.15) is 5.69 Å². The Hall–Kier alpha value is -2.04. The summed E-state index contributed by atoms with van der Waals surface area (Å²) in [6.07, 6.45) is 2.82. The lowest BCUT2D eigenvalue weighted by Crippen LogP contribution is -1.96. The number of pyridine rings is 1. The van der Waals surface area contributed by atoms with Gasteiger partial charge in [0.15, 0.2) is 5.75 Å². The molecule has 0 aliphatic heterocycles. The topological polar surface area (TPSA) is 57.7 Å². The number of aromatic nitrogens is 1. The molecule has 1 aromatic heterocycles. The van der Waals surface area contributed by atoms with Gasteiger partial charge in [0.1, 0.15) is 0 Å². The van der Waals surface area contributed by atoms with Crippen molar-refractivity contribution in [2.45, 2.75) is 0 Å². The average Bonchev–Trinajstić information content (AvgIpc) is 2.35. The van der Waals surface area contributed by atoms with Crippen molar-refractivity contribution in [1.29, 1.82) is 0 Å². The molecule has 16 heavy (non-hydrogen) atoms. The average molecular weight is 223 g/mol. The van der Waals surface area contributed by atoms with E-state index in [1.165, 1.54) is 33.5 Å². The summed E-state index contributed by atoms with van der Waals surface area (Å²) < 4.78 is 14.5. The van der Waals surface area contributed by atoms with Gasteiger partial charge < -0.3 is 14.2 Å². The normalized spacial score (nSPS) is 10.2. The van der Waals surface area contributed by atoms with Crippen molar-refractivity contribution in [3.63, 3.8) is 0 Å². The lowest BCUT2D eigenvalue weighted by Gasteiger charge is -2.06. The molecule has 0 spiro atoms. The van der Waals surface area contributed by atoms with Gasteiger partial charge in [0, 0.05) is 6.08 Å². The van der Waals surface area contributed by atoms with Gasteiger partial charge in [-0.05, 0) is 18.2 Å². The smallest absolute Gasteiger partial charge is 0.330 e. The third-order valence-corrected chi connectivity index (χ3v) is 1.85. The molecule has 5 nitrogen and oxygen atoms in total. The van der Waals surface area contributed by atoms with Crippen molar-refractivity contribution in [2.24, 2.45) is 0 Å². The highest BCUT2D eigenvalue weighted by atomic mass is 16.5. The third kappa shape index (κ3) is 2.98. The van der Waals surface area contributed by atoms with E-state index in [0.717, 1.165) is 0 Å². The maximum Gasteiger partial charge on any atom is 0.330 e. The predicted molar refractivity (Wildman–Crippen MR) is 58.4 cm³/mol. The Bertz CT molecular complexity index is 401. The fourth-order valence-corrected chi connectivity index (χ4v) is 1.06. The molecule has 1 rings (SSSR count). The highest BCUT2D eigenvalue weighted by molar-refractivity contribution is 5.86. The molecule has 0 aliphatic carbocycles. The molecule has 86 valence electrons. The van der Waals surface area contributed by atoms with Crippen molar-refractivity contribution < 1.29 is 19.0 Å². The summed E-state index contributed by atoms with van der Waals surface area (Å²) >= 11 is 0. The fraction of sp³-hybridized carbons (Fsp3) is 0.273. The molecule has 1 heterocycles. The van der Waals surface area contributed by atoms with E-state index in [1.54, 1.807) is 12.1 Å². The summed E-state index contributed by atoms with van der Waals surface area (Å²) in [5, 5.41) is 0. The highest BCUT2D eigenvalue weighted by Gasteiger charge is 2.04. The second kappa shape index (κ2) is 5.75. The summed E-state index contributed by atoms with van der Waals surface area (Å²) in [6.45, 7) is 0. The van der Waals surface area contributed by atoms with Crippen LogP contribution in [0, 0.1) is 0 Å². The van der Waals surface area contributed by atoms with Crippen LogP contribution in [-0.2, 0) is 9.53 Å². The van der Waals surface area contributed by atoms with Gasteiger partial charge in [0.05, 0.1) is 27.0 Å². The Morgan fingerprint density at radius 1 is 1.25 bits per heavy atom. The van der Waals surface area contributed by atoms with Crippen LogP contribution in [-0.4, -0.2) is 32.3 Å². The predicted octanol–water partition coefficient (Wildman–Crippen LogP) is 1.28. The van der Waals surface area contributed by atoms with Gasteiger partial charge in [-0.15, -0.1) is 0 Å². The largest absolute Gasteiger partial charge is 0.491 e. The van der Waals surface area contributed by atoms with E-state index in [1.807, 2.05) is 0 Å². The zero-order chi connectivity index (χ0) is 12.0. The summed E-state index contributed by atoms with van der Waals surface area (Å²) in [5.74, 6) is 0.476. The van der Waals surface area contributed by atoms with Crippen LogP contribution in [0.5, 0.6) is 11.6 Å². The number of esters is 1. The number of methoxy groups -OCH3 is 3. The minimum Gasteiger partial charge on any atom is -0.491 e. The first-order chi connectivity index (χ1) is 7.71. The van der Waals surface area contributed by atoms with Crippen molar-refractivity contribution >= 4 is 12.0 Å². The minimum atomic E-state index is -0.434. The van der Waals surface area contributed by atoms with Crippen LogP contribution in [0.25, 0.3) is 6.08 Å². The van der Waals surface area contributed by atoms with Crippen molar-refractivity contribution in [2.75, 3.05) is 21.3 Å². The van der Waals surface area contributed by atoms with Crippen molar-refractivity contribution in [1.82, 2.24) is 4.98 Å². The maximum atomic E-state index is 10.9. The molecule has 0 unspecified atom stereocenters. The van der Waals surface area contributed by atoms with Gasteiger partial charge in [0.25, 0.3) is 5.88 Å². The van der Waals surface area contributed by atoms with Crippen LogP contribution in [0.4, 0.5) is 0 Å². The molecular formula is C11H13NO4. The number of hydrogen-bond acceptors (Lipinski definition) is 5. The number of rotatable bonds is 4. The van der Waals surface area contributed by atoms with E-state index in [9.17, 15) is 4.79 Å². The van der Waals surface area contributed by atoms with E-state index in [0.29, 0.717) is 17.3 Å². The third-order valence-electron chi connectivity index (χ3n) is 1.85. The van der Waals surface area contributed by atoms with Crippen molar-refractivity contribution in [3.05, 3.63) is 23.9 Å². The van der Waals surface area contributed by atoms with Crippen LogP contribution >= 0.6 is 0 Å². The first kappa shape index (κ1) is 12.0. The Morgan fingerprint density at radius 3 is 2.56 bits per heavy atom. The summed E-state index contributed by atoms with van der Waals surface area (Å²) in [7, 11) is 4.34. The Morgan fingerprint density at radius 2 is 2.00 bits per heavy atom. The van der Waals surface area contributed by atoms with E-state index in [4.69, 9.17) is 9.47 Å². The van der Waals surface area contributed by atoms with Gasteiger partial charge in [-0.25, -0.2) is 9.78 Å². The van der Waals surface area contributed by atoms with E-state index < -0.39 is 5.97 Å². The molecule has 0 aromatic carbocycles. The van der Waals surface area contributed by atoms with Crippen LogP contribution in [0.3, 0.4) is 0 Å². The van der Waals surface area contributed by atoms with Gasteiger partial charge in [-0.3, -0.25) is 0 Å². The van der Waals surface area contributed by atoms with Crippen LogP contribution < -0.4 is 9.47 Å². The van der Waals surface area contributed by atoms with Crippen LogP contribution in [0.2, 0.25) is 0 Å². The molecule has 0 saturated heterocycles. The number of carbonyl (C=O) groups is 1. The molecule has 0 aliphatic rings.